The largest absolute Gasteiger partial charge is 0.376 e. The van der Waals surface area contributed by atoms with E-state index in [0.29, 0.717) is 24.2 Å². The molecule has 30 heavy (non-hydrogen) atoms. The molecule has 6 nitrogen and oxygen atoms in total. The summed E-state index contributed by atoms with van der Waals surface area (Å²) in [7, 11) is 1.91. The van der Waals surface area contributed by atoms with Gasteiger partial charge in [0.2, 0.25) is 0 Å². The number of nitrogens with zero attached hydrogens (tertiary/aromatic N) is 3. The standard InChI is InChI=1S/C24H46N4O2/c1-19(2)23(27-12-8-20(3)9-13-27)17-26-24(25-4)28-14-10-21(11-15-28)30-18-22-7-5-6-16-29-22/h19-23H,5-18H2,1-4H3,(H,25,26). The van der Waals surface area contributed by atoms with Crippen LogP contribution in [-0.2, 0) is 9.47 Å². The lowest BCUT2D eigenvalue weighted by Crippen LogP contribution is -2.53. The van der Waals surface area contributed by atoms with Gasteiger partial charge in [-0.3, -0.25) is 9.89 Å². The van der Waals surface area contributed by atoms with Crippen molar-refractivity contribution in [1.82, 2.24) is 15.1 Å². The highest BCUT2D eigenvalue weighted by atomic mass is 16.5. The van der Waals surface area contributed by atoms with E-state index in [4.69, 9.17) is 9.47 Å². The summed E-state index contributed by atoms with van der Waals surface area (Å²) in [6.45, 7) is 14.2. The van der Waals surface area contributed by atoms with Gasteiger partial charge in [0.05, 0.1) is 18.8 Å². The molecule has 2 unspecified atom stereocenters. The number of hydrogen-bond acceptors (Lipinski definition) is 4. The average Bonchev–Trinajstić information content (AvgIpc) is 2.77. The molecule has 6 heteroatoms. The second-order valence-corrected chi connectivity index (χ2v) is 9.97. The molecule has 0 bridgehead atoms. The van der Waals surface area contributed by atoms with Crippen LogP contribution in [-0.4, -0.2) is 87.0 Å². The van der Waals surface area contributed by atoms with E-state index in [1.165, 1.54) is 38.8 Å². The first kappa shape index (κ1) is 23.8. The van der Waals surface area contributed by atoms with Crippen molar-refractivity contribution in [1.29, 1.82) is 0 Å². The molecule has 0 saturated carbocycles. The highest BCUT2D eigenvalue weighted by molar-refractivity contribution is 5.80. The zero-order valence-electron chi connectivity index (χ0n) is 19.9. The van der Waals surface area contributed by atoms with Gasteiger partial charge in [0, 0.05) is 39.3 Å². The summed E-state index contributed by atoms with van der Waals surface area (Å²) in [6, 6.07) is 0.575. The molecule has 0 radical (unpaired) electrons. The Bertz CT molecular complexity index is 505. The van der Waals surface area contributed by atoms with E-state index in [9.17, 15) is 0 Å². The minimum absolute atomic E-state index is 0.317. The lowest BCUT2D eigenvalue weighted by atomic mass is 9.94. The van der Waals surface area contributed by atoms with Crippen LogP contribution in [0.3, 0.4) is 0 Å². The van der Waals surface area contributed by atoms with Crippen LogP contribution in [0.15, 0.2) is 4.99 Å². The first-order valence-corrected chi connectivity index (χ1v) is 12.5. The first-order valence-electron chi connectivity index (χ1n) is 12.5. The van der Waals surface area contributed by atoms with Gasteiger partial charge >= 0.3 is 0 Å². The maximum atomic E-state index is 6.18. The zero-order chi connectivity index (χ0) is 21.3. The number of rotatable bonds is 7. The van der Waals surface area contributed by atoms with Crippen LogP contribution in [0.5, 0.6) is 0 Å². The second-order valence-electron chi connectivity index (χ2n) is 9.97. The molecule has 0 aromatic carbocycles. The zero-order valence-corrected chi connectivity index (χ0v) is 19.9. The summed E-state index contributed by atoms with van der Waals surface area (Å²) >= 11 is 0. The van der Waals surface area contributed by atoms with E-state index in [1.807, 2.05) is 7.05 Å². The number of nitrogens with one attached hydrogen (secondary N) is 1. The molecule has 0 aromatic rings. The molecule has 2 atom stereocenters. The second kappa shape index (κ2) is 12.3. The molecule has 3 aliphatic heterocycles. The van der Waals surface area contributed by atoms with Crippen molar-refractivity contribution in [3.63, 3.8) is 0 Å². The maximum Gasteiger partial charge on any atom is 0.193 e. The molecule has 3 rings (SSSR count). The normalized spacial score (nSPS) is 26.9. The highest BCUT2D eigenvalue weighted by Gasteiger charge is 2.27. The van der Waals surface area contributed by atoms with Gasteiger partial charge in [0.25, 0.3) is 0 Å². The fraction of sp³-hybridized carbons (Fsp3) is 0.958. The molecule has 1 N–H and O–H groups in total. The Kier molecular flexibility index (Phi) is 9.72. The summed E-state index contributed by atoms with van der Waals surface area (Å²) in [4.78, 5) is 9.70. The number of hydrogen-bond donors (Lipinski definition) is 1. The third-order valence-electron chi connectivity index (χ3n) is 7.27. The highest BCUT2D eigenvalue weighted by Crippen LogP contribution is 2.22. The van der Waals surface area contributed by atoms with E-state index in [-0.39, 0.29) is 0 Å². The van der Waals surface area contributed by atoms with Crippen LogP contribution in [0.2, 0.25) is 0 Å². The fourth-order valence-electron chi connectivity index (χ4n) is 5.09. The minimum Gasteiger partial charge on any atom is -0.376 e. The molecular formula is C24H46N4O2. The van der Waals surface area contributed by atoms with Gasteiger partial charge in [-0.05, 0) is 69.9 Å². The predicted molar refractivity (Wildman–Crippen MR) is 124 cm³/mol. The lowest BCUT2D eigenvalue weighted by Gasteiger charge is -2.40. The number of aliphatic imine (C=N–C) groups is 1. The number of piperidine rings is 2. The van der Waals surface area contributed by atoms with Gasteiger partial charge in [0.1, 0.15) is 0 Å². The van der Waals surface area contributed by atoms with E-state index < -0.39 is 0 Å². The molecule has 3 heterocycles. The topological polar surface area (TPSA) is 49.3 Å². The van der Waals surface area contributed by atoms with Crippen molar-refractivity contribution in [3.8, 4) is 0 Å². The number of ether oxygens (including phenoxy) is 2. The van der Waals surface area contributed by atoms with Crippen molar-refractivity contribution in [3.05, 3.63) is 0 Å². The Balaban J connectivity index is 1.40. The molecule has 0 amide bonds. The van der Waals surface area contributed by atoms with Crippen molar-refractivity contribution in [2.45, 2.75) is 84.0 Å². The quantitative estimate of drug-likeness (QED) is 0.504. The van der Waals surface area contributed by atoms with Crippen molar-refractivity contribution in [2.75, 3.05) is 53.0 Å². The first-order chi connectivity index (χ1) is 14.6. The Morgan fingerprint density at radius 1 is 1.07 bits per heavy atom. The molecular weight excluding hydrogens is 376 g/mol. The number of guanidine groups is 1. The van der Waals surface area contributed by atoms with Gasteiger partial charge in [-0.2, -0.15) is 0 Å². The van der Waals surface area contributed by atoms with E-state index in [2.05, 4.69) is 40.9 Å². The van der Waals surface area contributed by atoms with E-state index >= 15 is 0 Å². The van der Waals surface area contributed by atoms with Crippen LogP contribution >= 0.6 is 0 Å². The van der Waals surface area contributed by atoms with Gasteiger partial charge in [0.15, 0.2) is 5.96 Å². The van der Waals surface area contributed by atoms with Crippen LogP contribution in [0.1, 0.15) is 65.7 Å². The minimum atomic E-state index is 0.317. The summed E-state index contributed by atoms with van der Waals surface area (Å²) in [6.07, 6.45) is 9.13. The lowest BCUT2D eigenvalue weighted by molar-refractivity contribution is -0.0721. The Morgan fingerprint density at radius 2 is 1.80 bits per heavy atom. The summed E-state index contributed by atoms with van der Waals surface area (Å²) in [5.74, 6) is 2.58. The van der Waals surface area contributed by atoms with Gasteiger partial charge < -0.3 is 19.7 Å². The Hall–Kier alpha value is -0.850. The monoisotopic (exact) mass is 422 g/mol. The van der Waals surface area contributed by atoms with Gasteiger partial charge in [-0.1, -0.05) is 20.8 Å². The van der Waals surface area contributed by atoms with Crippen molar-refractivity contribution < 1.29 is 9.47 Å². The molecule has 0 spiro atoms. The van der Waals surface area contributed by atoms with Gasteiger partial charge in [-0.25, -0.2) is 0 Å². The van der Waals surface area contributed by atoms with Crippen LogP contribution < -0.4 is 5.32 Å². The molecule has 0 aliphatic carbocycles. The van der Waals surface area contributed by atoms with Crippen molar-refractivity contribution >= 4 is 5.96 Å². The molecule has 3 aliphatic rings. The van der Waals surface area contributed by atoms with E-state index in [0.717, 1.165) is 64.0 Å². The predicted octanol–water partition coefficient (Wildman–Crippen LogP) is 3.37. The third-order valence-corrected chi connectivity index (χ3v) is 7.27. The summed E-state index contributed by atoms with van der Waals surface area (Å²) in [5.41, 5.74) is 0. The summed E-state index contributed by atoms with van der Waals surface area (Å²) < 4.78 is 12.0. The van der Waals surface area contributed by atoms with Crippen LogP contribution in [0.25, 0.3) is 0 Å². The van der Waals surface area contributed by atoms with Gasteiger partial charge in [-0.15, -0.1) is 0 Å². The van der Waals surface area contributed by atoms with Crippen molar-refractivity contribution in [2.24, 2.45) is 16.8 Å². The molecule has 3 fully saturated rings. The Labute approximate surface area is 184 Å². The third kappa shape index (κ3) is 7.10. The molecule has 174 valence electrons. The molecule has 0 aromatic heterocycles. The average molecular weight is 423 g/mol. The summed E-state index contributed by atoms with van der Waals surface area (Å²) in [5, 5.41) is 3.70. The SMILES string of the molecule is CN=C(NCC(C(C)C)N1CCC(C)CC1)N1CCC(OCC2CCCCO2)CC1. The van der Waals surface area contributed by atoms with E-state index in [1.54, 1.807) is 0 Å². The number of likely N-dealkylation sites (tertiary alicyclic amines) is 2. The Morgan fingerprint density at radius 3 is 2.40 bits per heavy atom. The molecule has 3 saturated heterocycles. The fourth-order valence-corrected chi connectivity index (χ4v) is 5.09. The van der Waals surface area contributed by atoms with Crippen LogP contribution in [0.4, 0.5) is 0 Å². The smallest absolute Gasteiger partial charge is 0.193 e. The maximum absolute atomic E-state index is 6.18. The van der Waals surface area contributed by atoms with Crippen LogP contribution in [0, 0.1) is 11.8 Å².